The predicted molar refractivity (Wildman–Crippen MR) is 119 cm³/mol. The molecule has 0 spiro atoms. The van der Waals surface area contributed by atoms with Crippen molar-refractivity contribution in [3.63, 3.8) is 0 Å². The molecule has 2 amide bonds. The summed E-state index contributed by atoms with van der Waals surface area (Å²) in [5.74, 6) is -1.72. The molecule has 32 heavy (non-hydrogen) atoms. The van der Waals surface area contributed by atoms with Gasteiger partial charge in [0.2, 0.25) is 5.91 Å². The number of hydrogen-bond acceptors (Lipinski definition) is 4. The largest absolute Gasteiger partial charge is 0.480 e. The maximum atomic E-state index is 12.5. The zero-order valence-electron chi connectivity index (χ0n) is 18.3. The highest BCUT2D eigenvalue weighted by atomic mass is 16.5. The van der Waals surface area contributed by atoms with Crippen molar-refractivity contribution in [1.29, 1.82) is 0 Å². The van der Waals surface area contributed by atoms with Crippen molar-refractivity contribution in [1.82, 2.24) is 10.6 Å². The number of nitrogens with one attached hydrogen (secondary N) is 2. The number of carbonyl (C=O) groups is 3. The van der Waals surface area contributed by atoms with Crippen LogP contribution in [0.4, 0.5) is 4.79 Å². The number of carboxylic acid groups (broad SMARTS) is 1. The van der Waals surface area contributed by atoms with Gasteiger partial charge in [-0.1, -0.05) is 48.5 Å². The Bertz CT molecular complexity index is 1000. The zero-order valence-corrected chi connectivity index (χ0v) is 18.3. The number of aliphatic carboxylic acids is 1. The lowest BCUT2D eigenvalue weighted by atomic mass is 9.98. The minimum atomic E-state index is -1.32. The molecule has 2 aromatic rings. The highest BCUT2D eigenvalue weighted by molar-refractivity contribution is 5.87. The maximum Gasteiger partial charge on any atom is 0.407 e. The Balaban J connectivity index is 1.31. The standard InChI is InChI=1S/C25H28N2O5/c1-25(2,23(29)30)27-22(28)15-11-12-16(13-15)26-24(31)32-14-21-19-9-5-3-7-17(19)18-8-4-6-10-20(18)21/h3-10,15-16,21H,11-14H2,1-2H3,(H,26,31)(H,27,28)(H,29,30)/t15-,16+/m0/s1. The molecular formula is C25H28N2O5. The van der Waals surface area contributed by atoms with E-state index in [1.54, 1.807) is 0 Å². The van der Waals surface area contributed by atoms with E-state index >= 15 is 0 Å². The Morgan fingerprint density at radius 1 is 1.00 bits per heavy atom. The molecule has 7 nitrogen and oxygen atoms in total. The minimum Gasteiger partial charge on any atom is -0.480 e. The summed E-state index contributed by atoms with van der Waals surface area (Å²) in [6.07, 6.45) is 1.21. The Morgan fingerprint density at radius 3 is 2.19 bits per heavy atom. The average Bonchev–Trinajstić information content (AvgIpc) is 3.35. The van der Waals surface area contributed by atoms with Crippen LogP contribution >= 0.6 is 0 Å². The monoisotopic (exact) mass is 436 g/mol. The molecule has 0 unspecified atom stereocenters. The fourth-order valence-corrected chi connectivity index (χ4v) is 4.62. The van der Waals surface area contributed by atoms with Crippen LogP contribution in [0.15, 0.2) is 48.5 Å². The summed E-state index contributed by atoms with van der Waals surface area (Å²) in [7, 11) is 0. The predicted octanol–water partition coefficient (Wildman–Crippen LogP) is 3.67. The fraction of sp³-hybridized carbons (Fsp3) is 0.400. The first-order chi connectivity index (χ1) is 15.3. The van der Waals surface area contributed by atoms with Crippen molar-refractivity contribution in [2.75, 3.05) is 6.61 Å². The molecule has 3 N–H and O–H groups in total. The summed E-state index contributed by atoms with van der Waals surface area (Å²) in [5.41, 5.74) is 3.33. The molecule has 2 aliphatic carbocycles. The molecule has 0 aromatic heterocycles. The van der Waals surface area contributed by atoms with Crippen LogP contribution in [0.3, 0.4) is 0 Å². The van der Waals surface area contributed by atoms with Crippen LogP contribution in [0.1, 0.15) is 50.2 Å². The number of carbonyl (C=O) groups excluding carboxylic acids is 2. The first kappa shape index (κ1) is 21.9. The molecule has 7 heteroatoms. The van der Waals surface area contributed by atoms with E-state index in [-0.39, 0.29) is 30.4 Å². The summed E-state index contributed by atoms with van der Waals surface area (Å²) >= 11 is 0. The third-order valence-corrected chi connectivity index (χ3v) is 6.44. The lowest BCUT2D eigenvalue weighted by molar-refractivity contribution is -0.146. The van der Waals surface area contributed by atoms with Gasteiger partial charge in [-0.25, -0.2) is 9.59 Å². The average molecular weight is 437 g/mol. The maximum absolute atomic E-state index is 12.5. The molecule has 168 valence electrons. The molecule has 0 saturated heterocycles. The van der Waals surface area contributed by atoms with Gasteiger partial charge in [-0.15, -0.1) is 0 Å². The highest BCUT2D eigenvalue weighted by Gasteiger charge is 2.36. The van der Waals surface area contributed by atoms with Crippen LogP contribution in [-0.2, 0) is 14.3 Å². The van der Waals surface area contributed by atoms with Gasteiger partial charge in [-0.2, -0.15) is 0 Å². The van der Waals surface area contributed by atoms with Gasteiger partial charge in [0, 0.05) is 17.9 Å². The summed E-state index contributed by atoms with van der Waals surface area (Å²) in [5, 5.41) is 14.6. The SMILES string of the molecule is CC(C)(NC(=O)[C@H]1CC[C@@H](NC(=O)OCC2c3ccccc3-c3ccccc32)C1)C(=O)O. The third-order valence-electron chi connectivity index (χ3n) is 6.44. The van der Waals surface area contributed by atoms with E-state index in [4.69, 9.17) is 4.74 Å². The van der Waals surface area contributed by atoms with E-state index < -0.39 is 17.6 Å². The molecule has 2 aliphatic rings. The number of carboxylic acids is 1. The summed E-state index contributed by atoms with van der Waals surface area (Å²) in [6.45, 7) is 3.15. The normalized spacial score (nSPS) is 19.7. The van der Waals surface area contributed by atoms with Crippen LogP contribution in [0.25, 0.3) is 11.1 Å². The van der Waals surface area contributed by atoms with Gasteiger partial charge >= 0.3 is 12.1 Å². The number of ether oxygens (including phenoxy) is 1. The molecule has 1 saturated carbocycles. The number of hydrogen-bond donors (Lipinski definition) is 3. The second-order valence-corrected chi connectivity index (χ2v) is 9.10. The van der Waals surface area contributed by atoms with Crippen LogP contribution in [-0.4, -0.2) is 41.3 Å². The summed E-state index contributed by atoms with van der Waals surface area (Å²) in [6, 6.07) is 16.1. The van der Waals surface area contributed by atoms with Crippen molar-refractivity contribution < 1.29 is 24.2 Å². The second-order valence-electron chi connectivity index (χ2n) is 9.10. The topological polar surface area (TPSA) is 105 Å². The molecule has 1 fully saturated rings. The van der Waals surface area contributed by atoms with E-state index in [0.29, 0.717) is 19.3 Å². The van der Waals surface area contributed by atoms with Crippen molar-refractivity contribution in [2.45, 2.75) is 50.6 Å². The molecular weight excluding hydrogens is 408 g/mol. The fourth-order valence-electron chi connectivity index (χ4n) is 4.62. The van der Waals surface area contributed by atoms with Crippen LogP contribution in [0.5, 0.6) is 0 Å². The number of alkyl carbamates (subject to hydrolysis) is 1. The van der Waals surface area contributed by atoms with Gasteiger partial charge in [-0.05, 0) is 55.4 Å². The van der Waals surface area contributed by atoms with Crippen LogP contribution < -0.4 is 10.6 Å². The molecule has 0 heterocycles. The van der Waals surface area contributed by atoms with Crippen molar-refractivity contribution in [2.24, 2.45) is 5.92 Å². The minimum absolute atomic E-state index is 0.00601. The molecule has 2 atom stereocenters. The smallest absolute Gasteiger partial charge is 0.407 e. The van der Waals surface area contributed by atoms with Gasteiger partial charge in [0.25, 0.3) is 0 Å². The van der Waals surface area contributed by atoms with E-state index in [9.17, 15) is 19.5 Å². The summed E-state index contributed by atoms with van der Waals surface area (Å²) < 4.78 is 5.58. The van der Waals surface area contributed by atoms with Gasteiger partial charge in [-0.3, -0.25) is 4.79 Å². The Kier molecular flexibility index (Phi) is 5.91. The molecule has 0 aliphatic heterocycles. The summed E-state index contributed by atoms with van der Waals surface area (Å²) in [4.78, 5) is 36.1. The van der Waals surface area contributed by atoms with Crippen LogP contribution in [0.2, 0.25) is 0 Å². The first-order valence-corrected chi connectivity index (χ1v) is 10.9. The van der Waals surface area contributed by atoms with Gasteiger partial charge in [0.1, 0.15) is 12.1 Å². The van der Waals surface area contributed by atoms with E-state index in [2.05, 4.69) is 34.9 Å². The number of amides is 2. The Labute approximate surface area is 187 Å². The van der Waals surface area contributed by atoms with Crippen molar-refractivity contribution in [3.8, 4) is 11.1 Å². The van der Waals surface area contributed by atoms with Crippen molar-refractivity contribution >= 4 is 18.0 Å². The zero-order chi connectivity index (χ0) is 22.9. The lowest BCUT2D eigenvalue weighted by Crippen LogP contribution is -2.51. The Morgan fingerprint density at radius 2 is 1.59 bits per heavy atom. The van der Waals surface area contributed by atoms with Crippen LogP contribution in [0, 0.1) is 5.92 Å². The molecule has 4 rings (SSSR count). The quantitative estimate of drug-likeness (QED) is 0.641. The van der Waals surface area contributed by atoms with E-state index in [1.807, 2.05) is 24.3 Å². The van der Waals surface area contributed by atoms with E-state index in [0.717, 1.165) is 11.1 Å². The molecule has 0 radical (unpaired) electrons. The molecule has 0 bridgehead atoms. The van der Waals surface area contributed by atoms with Gasteiger partial charge < -0.3 is 20.5 Å². The van der Waals surface area contributed by atoms with Gasteiger partial charge in [0.05, 0.1) is 0 Å². The van der Waals surface area contributed by atoms with E-state index in [1.165, 1.54) is 25.0 Å². The number of fused-ring (bicyclic) bond motifs is 3. The van der Waals surface area contributed by atoms with Crippen molar-refractivity contribution in [3.05, 3.63) is 59.7 Å². The second kappa shape index (κ2) is 8.65. The number of rotatable bonds is 6. The number of benzene rings is 2. The van der Waals surface area contributed by atoms with Gasteiger partial charge in [0.15, 0.2) is 0 Å². The molecule has 2 aromatic carbocycles. The Hall–Kier alpha value is -3.35. The first-order valence-electron chi connectivity index (χ1n) is 10.9. The lowest BCUT2D eigenvalue weighted by Gasteiger charge is -2.23. The highest BCUT2D eigenvalue weighted by Crippen LogP contribution is 2.44. The third kappa shape index (κ3) is 4.33.